The van der Waals surface area contributed by atoms with Crippen molar-refractivity contribution >= 4 is 45.8 Å². The van der Waals surface area contributed by atoms with Crippen molar-refractivity contribution in [2.45, 2.75) is 85.5 Å². The van der Waals surface area contributed by atoms with Crippen molar-refractivity contribution in [1.29, 1.82) is 0 Å². The molecule has 3 N–H and O–H groups in total. The number of nitrogens with one attached hydrogen (secondary N) is 3. The van der Waals surface area contributed by atoms with E-state index in [0.717, 1.165) is 4.90 Å². The Kier molecular flexibility index (Phi) is 17.0. The number of carbonyl (C=O) groups is 4. The van der Waals surface area contributed by atoms with Crippen LogP contribution in [-0.4, -0.2) is 102 Å². The van der Waals surface area contributed by atoms with Crippen molar-refractivity contribution in [1.82, 2.24) is 21.1 Å². The van der Waals surface area contributed by atoms with Crippen LogP contribution in [0.5, 0.6) is 0 Å². The predicted molar refractivity (Wildman–Crippen MR) is 157 cm³/mol. The van der Waals surface area contributed by atoms with Gasteiger partial charge in [-0.05, 0) is 68.6 Å². The lowest BCUT2D eigenvalue weighted by atomic mass is 10.2. The Labute approximate surface area is 251 Å². The Morgan fingerprint density at radius 1 is 0.878 bits per heavy atom. The maximum absolute atomic E-state index is 13.5. The van der Waals surface area contributed by atoms with Crippen LogP contribution in [0.3, 0.4) is 0 Å². The molecule has 1 unspecified atom stereocenters. The van der Waals surface area contributed by atoms with E-state index < -0.39 is 65.6 Å². The van der Waals surface area contributed by atoms with Crippen LogP contribution in [0.2, 0.25) is 0 Å². The molecule has 0 saturated heterocycles. The molecule has 16 heteroatoms. The van der Waals surface area contributed by atoms with Crippen molar-refractivity contribution in [3.8, 4) is 0 Å². The van der Waals surface area contributed by atoms with E-state index in [1.807, 2.05) is 6.26 Å². The second kappa shape index (κ2) is 17.8. The third-order valence-corrected chi connectivity index (χ3v) is 6.34. The van der Waals surface area contributed by atoms with E-state index in [0.29, 0.717) is 12.3 Å². The Morgan fingerprint density at radius 3 is 1.98 bits per heavy atom. The van der Waals surface area contributed by atoms with Crippen molar-refractivity contribution in [2.75, 3.05) is 51.6 Å². The number of hydrogen-bond acceptors (Lipinski definition) is 11. The Morgan fingerprint density at radius 2 is 1.46 bits per heavy atom. The summed E-state index contributed by atoms with van der Waals surface area (Å²) in [6.07, 6.45) is -0.474. The predicted octanol–water partition coefficient (Wildman–Crippen LogP) is 4.34. The molecule has 0 spiro atoms. The summed E-state index contributed by atoms with van der Waals surface area (Å²) in [5.74, 6) is 0.189. The van der Waals surface area contributed by atoms with Gasteiger partial charge in [-0.1, -0.05) is 26.2 Å². The second-order valence-corrected chi connectivity index (χ2v) is 14.6. The Balaban J connectivity index is 6.01. The summed E-state index contributed by atoms with van der Waals surface area (Å²) in [5.41, 5.74) is -1.13. The minimum Gasteiger partial charge on any atom is -0.444 e. The summed E-state index contributed by atoms with van der Waals surface area (Å²) in [6.45, 7) is 13.8. The van der Waals surface area contributed by atoms with Gasteiger partial charge < -0.3 is 19.5 Å². The minimum atomic E-state index is -0.964. The van der Waals surface area contributed by atoms with Gasteiger partial charge in [-0.3, -0.25) is 15.0 Å². The Hall–Kier alpha value is -2.01. The third kappa shape index (κ3) is 18.9. The fourth-order valence-electron chi connectivity index (χ4n) is 2.95. The van der Waals surface area contributed by atoms with E-state index in [-0.39, 0.29) is 19.5 Å². The molecule has 0 heterocycles. The number of nitrogens with zero attached hydrogens (tertiary/aromatic N) is 2. The maximum atomic E-state index is 13.5. The van der Waals surface area contributed by atoms with Gasteiger partial charge >= 0.3 is 18.3 Å². The van der Waals surface area contributed by atoms with Crippen LogP contribution in [0.1, 0.15) is 68.7 Å². The number of ether oxygens (including phenoxy) is 3. The lowest BCUT2D eigenvalue weighted by molar-refractivity contribution is -1.05. The van der Waals surface area contributed by atoms with E-state index in [1.165, 1.54) is 5.54 Å². The van der Waals surface area contributed by atoms with Crippen molar-refractivity contribution in [2.24, 2.45) is 0 Å². The zero-order chi connectivity index (χ0) is 31.9. The number of rotatable bonds is 15. The molecule has 0 radical (unpaired) electrons. The molecule has 4 amide bonds. The number of amides is 4. The first-order chi connectivity index (χ1) is 18.7. The highest BCUT2D eigenvalue weighted by atomic mass is 33.1. The van der Waals surface area contributed by atoms with Crippen LogP contribution in [0, 0.1) is 0 Å². The van der Waals surface area contributed by atoms with Gasteiger partial charge in [0.25, 0.3) is 5.91 Å². The molecule has 0 rings (SSSR count). The molecule has 0 saturated carbocycles. The van der Waals surface area contributed by atoms with E-state index in [4.69, 9.17) is 19.0 Å². The number of hydroxylamine groups is 3. The molecule has 1 atom stereocenters. The molecule has 0 aliphatic carbocycles. The molecule has 0 aromatic heterocycles. The summed E-state index contributed by atoms with van der Waals surface area (Å²) in [7, 11) is 3.14. The maximum Gasteiger partial charge on any atom is 0.551 e. The highest BCUT2D eigenvalue weighted by molar-refractivity contribution is 8.76. The van der Waals surface area contributed by atoms with Gasteiger partial charge in [0.05, 0.1) is 0 Å². The van der Waals surface area contributed by atoms with E-state index >= 15 is 0 Å². The first kappa shape index (κ1) is 39.0. The van der Waals surface area contributed by atoms with Crippen molar-refractivity contribution in [3.05, 3.63) is 0 Å². The topological polar surface area (TPSA) is 145 Å². The molecular formula is C25H49FN5O8S2+. The number of alkyl carbamates (subject to hydrolysis) is 1. The summed E-state index contributed by atoms with van der Waals surface area (Å²) in [6, 6.07) is 0. The van der Waals surface area contributed by atoms with Crippen LogP contribution in [0.15, 0.2) is 0 Å². The highest BCUT2D eigenvalue weighted by Crippen LogP contribution is 2.20. The smallest absolute Gasteiger partial charge is 0.444 e. The molecule has 0 aromatic rings. The monoisotopic (exact) mass is 630 g/mol. The first-order valence-corrected chi connectivity index (χ1v) is 15.9. The van der Waals surface area contributed by atoms with Crippen LogP contribution >= 0.6 is 21.6 Å². The van der Waals surface area contributed by atoms with Crippen molar-refractivity contribution < 1.29 is 47.4 Å². The fourth-order valence-corrected chi connectivity index (χ4v) is 4.05. The number of halogens is 1. The van der Waals surface area contributed by atoms with E-state index in [9.17, 15) is 23.7 Å². The average molecular weight is 631 g/mol. The van der Waals surface area contributed by atoms with Crippen LogP contribution in [0.25, 0.3) is 0 Å². The molecule has 13 nitrogen and oxygen atoms in total. The first-order valence-electron chi connectivity index (χ1n) is 13.2. The molecule has 0 fully saturated rings. The normalized spacial score (nSPS) is 13.5. The highest BCUT2D eigenvalue weighted by Gasteiger charge is 2.45. The average Bonchev–Trinajstić information content (AvgIpc) is 2.79. The van der Waals surface area contributed by atoms with Crippen LogP contribution in [0.4, 0.5) is 18.9 Å². The molecule has 0 aromatic carbocycles. The van der Waals surface area contributed by atoms with Crippen molar-refractivity contribution in [3.63, 3.8) is 0 Å². The van der Waals surface area contributed by atoms with Crippen LogP contribution < -0.4 is 16.2 Å². The fraction of sp³-hybridized carbons (Fsp3) is 0.840. The SMILES string of the molecule is CSSCCNC(=O)CO[N+](CCCN(CNF)C(=O)OC(C)(C)C)(CNC(=O)OC(C)(C)C)C(=O)OC(C)(C)C. The van der Waals surface area contributed by atoms with Gasteiger partial charge in [0.1, 0.15) is 30.0 Å². The summed E-state index contributed by atoms with van der Waals surface area (Å²) in [4.78, 5) is 58.1. The van der Waals surface area contributed by atoms with Gasteiger partial charge in [0.2, 0.25) is 0 Å². The molecule has 240 valence electrons. The third-order valence-electron chi connectivity index (χ3n) is 4.52. The van der Waals surface area contributed by atoms with E-state index in [1.54, 1.807) is 83.9 Å². The number of hydrogen-bond donors (Lipinski definition) is 3. The summed E-state index contributed by atoms with van der Waals surface area (Å²) < 4.78 is 28.3. The summed E-state index contributed by atoms with van der Waals surface area (Å²) in [5, 5.41) is 5.23. The summed E-state index contributed by atoms with van der Waals surface area (Å²) >= 11 is 0. The lowest BCUT2D eigenvalue weighted by Crippen LogP contribution is -2.61. The van der Waals surface area contributed by atoms with Gasteiger partial charge in [0.15, 0.2) is 13.3 Å². The largest absolute Gasteiger partial charge is 0.551 e. The van der Waals surface area contributed by atoms with Crippen LogP contribution in [-0.2, 0) is 23.8 Å². The Bertz CT molecular complexity index is 849. The van der Waals surface area contributed by atoms with E-state index in [2.05, 4.69) is 10.6 Å². The zero-order valence-corrected chi connectivity index (χ0v) is 27.6. The standard InChI is InChI=1S/C25H48FN5O8S2/c1-23(2,3)37-20(33)28-18-31(22(35)39-25(7,8)9,36-16-19(32)27-12-15-41-40-10)14-11-13-30(17-29-26)21(34)38-24(4,5)6/h29H,11-18H2,1-10H3,(H-,27,28,32,33)/p+1. The van der Waals surface area contributed by atoms with Gasteiger partial charge in [-0.2, -0.15) is 9.63 Å². The number of carbonyl (C=O) groups excluding carboxylic acids is 4. The quantitative estimate of drug-likeness (QED) is 0.0452. The molecule has 41 heavy (non-hydrogen) atoms. The number of quaternary nitrogens is 1. The van der Waals surface area contributed by atoms with Gasteiger partial charge in [-0.15, -0.1) is 10.0 Å². The molecule has 0 aliphatic rings. The van der Waals surface area contributed by atoms with Gasteiger partial charge in [0, 0.05) is 25.3 Å². The second-order valence-electron chi connectivity index (χ2n) is 11.9. The zero-order valence-electron chi connectivity index (χ0n) is 26.0. The molecular weight excluding hydrogens is 581 g/mol. The lowest BCUT2D eigenvalue weighted by Gasteiger charge is -2.34. The molecule has 0 aliphatic heterocycles. The molecule has 0 bridgehead atoms. The van der Waals surface area contributed by atoms with Gasteiger partial charge in [-0.25, -0.2) is 9.59 Å². The minimum absolute atomic E-state index is 0.0530.